The Labute approximate surface area is 208 Å². The van der Waals surface area contributed by atoms with Crippen LogP contribution in [0.15, 0.2) is 11.6 Å². The van der Waals surface area contributed by atoms with Gasteiger partial charge in [-0.3, -0.25) is 19.3 Å². The molecule has 0 bridgehead atoms. The van der Waals surface area contributed by atoms with Crippen LogP contribution in [0.1, 0.15) is 81.1 Å². The van der Waals surface area contributed by atoms with Gasteiger partial charge < -0.3 is 15.1 Å². The molecule has 1 rings (SSSR count). The molecule has 0 radical (unpaired) electrons. The van der Waals surface area contributed by atoms with Crippen LogP contribution in [0.3, 0.4) is 0 Å². The van der Waals surface area contributed by atoms with E-state index in [1.54, 1.807) is 23.9 Å². The lowest BCUT2D eigenvalue weighted by atomic mass is 9.95. The largest absolute Gasteiger partial charge is 0.343 e. The first kappa shape index (κ1) is 30.1. The topological polar surface area (TPSA) is 73.0 Å². The van der Waals surface area contributed by atoms with Crippen LogP contribution in [0, 0.1) is 11.8 Å². The molecule has 0 spiro atoms. The number of nitrogens with zero attached hydrogens (tertiary/aromatic N) is 3. The summed E-state index contributed by atoms with van der Waals surface area (Å²) in [5.41, 5.74) is 0.634. The maximum Gasteiger partial charge on any atom is 0.248 e. The normalized spacial score (nSPS) is 19.3. The highest BCUT2D eigenvalue weighted by molar-refractivity contribution is 5.93. The number of carbonyl (C=O) groups excluding carboxylic acids is 3. The van der Waals surface area contributed by atoms with Crippen LogP contribution in [0.25, 0.3) is 0 Å². The zero-order chi connectivity index (χ0) is 26.2. The number of hydrogen-bond donors (Lipinski definition) is 1. The Bertz CT molecular complexity index is 717. The van der Waals surface area contributed by atoms with E-state index < -0.39 is 6.04 Å². The third-order valence-electron chi connectivity index (χ3n) is 6.88. The van der Waals surface area contributed by atoms with E-state index in [2.05, 4.69) is 24.1 Å². The predicted octanol–water partition coefficient (Wildman–Crippen LogP) is 3.69. The summed E-state index contributed by atoms with van der Waals surface area (Å²) in [6.45, 7) is 17.7. The third-order valence-corrected chi connectivity index (χ3v) is 6.88. The van der Waals surface area contributed by atoms with Crippen molar-refractivity contribution in [1.82, 2.24) is 20.0 Å². The molecule has 3 amide bonds. The van der Waals surface area contributed by atoms with E-state index in [-0.39, 0.29) is 47.7 Å². The first-order valence-electron chi connectivity index (χ1n) is 13.1. The Balaban J connectivity index is 3.08. The lowest BCUT2D eigenvalue weighted by Crippen LogP contribution is -2.58. The molecule has 1 aliphatic heterocycles. The maximum absolute atomic E-state index is 13.6. The van der Waals surface area contributed by atoms with Crippen molar-refractivity contribution in [3.63, 3.8) is 0 Å². The van der Waals surface area contributed by atoms with Crippen molar-refractivity contribution in [1.29, 1.82) is 0 Å². The van der Waals surface area contributed by atoms with E-state index in [1.165, 1.54) is 0 Å². The van der Waals surface area contributed by atoms with E-state index in [0.29, 0.717) is 12.1 Å². The standard InChI is InChI=1S/C27H50N4O3/c1-11-15-29(9)26(33)21(8)17-23(18(2)3)30(10)27(34)24(19(4)5)28-25(32)22-14-12-13-16-31(22)20(6)7/h17-20,22-24H,11-16H2,1-10H3,(H,28,32)/t22-,23-,24+/m1/s1. The van der Waals surface area contributed by atoms with E-state index in [1.807, 2.05) is 47.6 Å². The Hall–Kier alpha value is -1.89. The van der Waals surface area contributed by atoms with E-state index in [0.717, 1.165) is 32.2 Å². The molecule has 1 aliphatic rings. The Morgan fingerprint density at radius 2 is 1.65 bits per heavy atom. The fourth-order valence-corrected chi connectivity index (χ4v) is 4.80. The van der Waals surface area contributed by atoms with Crippen LogP contribution in [0.5, 0.6) is 0 Å². The minimum atomic E-state index is -0.609. The molecular weight excluding hydrogens is 428 g/mol. The van der Waals surface area contributed by atoms with Gasteiger partial charge in [-0.1, -0.05) is 47.1 Å². The summed E-state index contributed by atoms with van der Waals surface area (Å²) in [5.74, 6) is -0.129. The Morgan fingerprint density at radius 3 is 2.15 bits per heavy atom. The molecule has 34 heavy (non-hydrogen) atoms. The van der Waals surface area contributed by atoms with Crippen molar-refractivity contribution in [2.45, 2.75) is 105 Å². The lowest BCUT2D eigenvalue weighted by Gasteiger charge is -2.39. The first-order chi connectivity index (χ1) is 15.8. The van der Waals surface area contributed by atoms with Crippen molar-refractivity contribution in [3.8, 4) is 0 Å². The van der Waals surface area contributed by atoms with Crippen molar-refractivity contribution < 1.29 is 14.4 Å². The third kappa shape index (κ3) is 8.10. The zero-order valence-electron chi connectivity index (χ0n) is 23.4. The quantitative estimate of drug-likeness (QED) is 0.460. The highest BCUT2D eigenvalue weighted by Crippen LogP contribution is 2.21. The average molecular weight is 479 g/mol. The molecule has 0 aliphatic carbocycles. The van der Waals surface area contributed by atoms with Gasteiger partial charge >= 0.3 is 0 Å². The minimum absolute atomic E-state index is 0.0202. The molecule has 1 saturated heterocycles. The lowest BCUT2D eigenvalue weighted by molar-refractivity contribution is -0.140. The fourth-order valence-electron chi connectivity index (χ4n) is 4.80. The van der Waals surface area contributed by atoms with E-state index in [4.69, 9.17) is 0 Å². The van der Waals surface area contributed by atoms with Gasteiger partial charge in [-0.2, -0.15) is 0 Å². The number of rotatable bonds is 11. The van der Waals surface area contributed by atoms with Gasteiger partial charge in [0.2, 0.25) is 17.7 Å². The maximum atomic E-state index is 13.6. The molecule has 0 aromatic heterocycles. The second kappa shape index (κ2) is 13.9. The molecule has 0 unspecified atom stereocenters. The summed E-state index contributed by atoms with van der Waals surface area (Å²) >= 11 is 0. The average Bonchev–Trinajstić information content (AvgIpc) is 2.78. The number of amides is 3. The molecule has 0 aromatic rings. The van der Waals surface area contributed by atoms with Gasteiger partial charge in [-0.05, 0) is 58.4 Å². The van der Waals surface area contributed by atoms with Gasteiger partial charge in [0.15, 0.2) is 0 Å². The second-order valence-electron chi connectivity index (χ2n) is 10.8. The first-order valence-corrected chi connectivity index (χ1v) is 13.1. The molecular formula is C27H50N4O3. The summed E-state index contributed by atoms with van der Waals surface area (Å²) in [6, 6.07) is -0.759. The number of carbonyl (C=O) groups is 3. The van der Waals surface area contributed by atoms with Crippen molar-refractivity contribution >= 4 is 17.7 Å². The van der Waals surface area contributed by atoms with Crippen LogP contribution >= 0.6 is 0 Å². The number of likely N-dealkylation sites (tertiary alicyclic amines) is 1. The number of hydrogen-bond acceptors (Lipinski definition) is 4. The van der Waals surface area contributed by atoms with Gasteiger partial charge in [0.25, 0.3) is 0 Å². The SMILES string of the molecule is CCCN(C)C(=O)C(C)=C[C@H](C(C)C)N(C)C(=O)[C@@H](NC(=O)[C@H]1CCCCN1C(C)C)C(C)C. The smallest absolute Gasteiger partial charge is 0.248 e. The van der Waals surface area contributed by atoms with Crippen molar-refractivity contribution in [2.75, 3.05) is 27.2 Å². The molecule has 0 aromatic carbocycles. The van der Waals surface area contributed by atoms with Crippen LogP contribution in [-0.2, 0) is 14.4 Å². The highest BCUT2D eigenvalue weighted by Gasteiger charge is 2.36. The van der Waals surface area contributed by atoms with Crippen LogP contribution in [0.2, 0.25) is 0 Å². The molecule has 3 atom stereocenters. The van der Waals surface area contributed by atoms with Crippen LogP contribution in [-0.4, -0.2) is 83.8 Å². The van der Waals surface area contributed by atoms with Gasteiger partial charge in [-0.15, -0.1) is 0 Å². The van der Waals surface area contributed by atoms with Gasteiger partial charge in [0, 0.05) is 32.3 Å². The van der Waals surface area contributed by atoms with Gasteiger partial charge in [0.05, 0.1) is 12.1 Å². The monoisotopic (exact) mass is 478 g/mol. The molecule has 7 nitrogen and oxygen atoms in total. The molecule has 0 saturated carbocycles. The predicted molar refractivity (Wildman–Crippen MR) is 139 cm³/mol. The zero-order valence-corrected chi connectivity index (χ0v) is 23.4. The summed E-state index contributed by atoms with van der Waals surface area (Å²) in [5, 5.41) is 3.09. The summed E-state index contributed by atoms with van der Waals surface area (Å²) < 4.78 is 0. The summed E-state index contributed by atoms with van der Waals surface area (Å²) in [6.07, 6.45) is 5.75. The number of piperidine rings is 1. The second-order valence-corrected chi connectivity index (χ2v) is 10.8. The van der Waals surface area contributed by atoms with E-state index in [9.17, 15) is 14.4 Å². The fraction of sp³-hybridized carbons (Fsp3) is 0.815. The minimum Gasteiger partial charge on any atom is -0.343 e. The number of likely N-dealkylation sites (N-methyl/N-ethyl adjacent to an activating group) is 2. The van der Waals surface area contributed by atoms with Crippen LogP contribution < -0.4 is 5.32 Å². The van der Waals surface area contributed by atoms with E-state index >= 15 is 0 Å². The Kier molecular flexibility index (Phi) is 12.3. The molecule has 7 heteroatoms. The van der Waals surface area contributed by atoms with Crippen LogP contribution in [0.4, 0.5) is 0 Å². The molecule has 196 valence electrons. The summed E-state index contributed by atoms with van der Waals surface area (Å²) in [7, 11) is 3.58. The van der Waals surface area contributed by atoms with Gasteiger partial charge in [0.1, 0.15) is 6.04 Å². The number of nitrogens with one attached hydrogen (secondary N) is 1. The molecule has 1 fully saturated rings. The summed E-state index contributed by atoms with van der Waals surface area (Å²) in [4.78, 5) is 45.3. The van der Waals surface area contributed by atoms with Crippen molar-refractivity contribution in [2.24, 2.45) is 11.8 Å². The Morgan fingerprint density at radius 1 is 1.03 bits per heavy atom. The van der Waals surface area contributed by atoms with Crippen molar-refractivity contribution in [3.05, 3.63) is 11.6 Å². The molecule has 1 N–H and O–H groups in total. The highest BCUT2D eigenvalue weighted by atomic mass is 16.2. The molecule has 1 heterocycles. The van der Waals surface area contributed by atoms with Gasteiger partial charge in [-0.25, -0.2) is 0 Å².